The number of hydrogen-bond acceptors (Lipinski definition) is 3. The molecule has 0 aromatic heterocycles. The highest BCUT2D eigenvalue weighted by atomic mass is 16.2. The summed E-state index contributed by atoms with van der Waals surface area (Å²) in [5.41, 5.74) is 0. The van der Waals surface area contributed by atoms with E-state index in [9.17, 15) is 4.79 Å². The van der Waals surface area contributed by atoms with E-state index in [0.717, 1.165) is 39.0 Å². The molecule has 4 nitrogen and oxygen atoms in total. The molecule has 0 bridgehead atoms. The van der Waals surface area contributed by atoms with E-state index in [0.29, 0.717) is 18.0 Å². The summed E-state index contributed by atoms with van der Waals surface area (Å²) in [5.74, 6) is 0.330. The number of hydrogen-bond donors (Lipinski definition) is 1. The maximum absolute atomic E-state index is 12.7. The predicted octanol–water partition coefficient (Wildman–Crippen LogP) is 1.07. The number of likely N-dealkylation sites (tertiary alicyclic amines) is 1. The summed E-state index contributed by atoms with van der Waals surface area (Å²) in [7, 11) is 0. The largest absolute Gasteiger partial charge is 0.336 e. The fraction of sp³-hybridized carbons (Fsp3) is 0.929. The summed E-state index contributed by atoms with van der Waals surface area (Å²) in [6.45, 7) is 10.4. The first-order chi connectivity index (χ1) is 8.61. The van der Waals surface area contributed by atoms with Crippen molar-refractivity contribution in [3.63, 3.8) is 0 Å². The van der Waals surface area contributed by atoms with Crippen LogP contribution in [0.15, 0.2) is 0 Å². The molecule has 0 aromatic carbocycles. The molecule has 2 aliphatic rings. The van der Waals surface area contributed by atoms with E-state index in [-0.39, 0.29) is 6.04 Å². The summed E-state index contributed by atoms with van der Waals surface area (Å²) in [6, 6.07) is 0.855. The second kappa shape index (κ2) is 6.02. The van der Waals surface area contributed by atoms with Crippen LogP contribution in [0.4, 0.5) is 0 Å². The normalized spacial score (nSPS) is 32.3. The first-order valence-corrected chi connectivity index (χ1v) is 7.38. The lowest BCUT2D eigenvalue weighted by atomic mass is 9.96. The third kappa shape index (κ3) is 2.86. The maximum atomic E-state index is 12.7. The lowest BCUT2D eigenvalue weighted by Crippen LogP contribution is -2.57. The van der Waals surface area contributed by atoms with Crippen LogP contribution in [0.25, 0.3) is 0 Å². The van der Waals surface area contributed by atoms with Crippen LogP contribution in [0, 0.1) is 0 Å². The highest BCUT2D eigenvalue weighted by Gasteiger charge is 2.34. The summed E-state index contributed by atoms with van der Waals surface area (Å²) in [5, 5.41) is 3.34. The number of carbonyl (C=O) groups is 1. The summed E-state index contributed by atoms with van der Waals surface area (Å²) >= 11 is 0. The van der Waals surface area contributed by atoms with Gasteiger partial charge in [-0.3, -0.25) is 9.69 Å². The number of nitrogens with one attached hydrogen (secondary N) is 1. The van der Waals surface area contributed by atoms with Crippen molar-refractivity contribution in [2.75, 3.05) is 26.2 Å². The molecule has 104 valence electrons. The van der Waals surface area contributed by atoms with Crippen LogP contribution in [0.3, 0.4) is 0 Å². The quantitative estimate of drug-likeness (QED) is 0.799. The van der Waals surface area contributed by atoms with Gasteiger partial charge in [-0.2, -0.15) is 0 Å². The molecule has 0 spiro atoms. The van der Waals surface area contributed by atoms with Gasteiger partial charge >= 0.3 is 0 Å². The van der Waals surface area contributed by atoms with Crippen molar-refractivity contribution in [3.05, 3.63) is 0 Å². The van der Waals surface area contributed by atoms with Crippen LogP contribution >= 0.6 is 0 Å². The number of rotatable bonds is 2. The van der Waals surface area contributed by atoms with Gasteiger partial charge in [0, 0.05) is 38.3 Å². The van der Waals surface area contributed by atoms with Gasteiger partial charge in [0.2, 0.25) is 5.91 Å². The van der Waals surface area contributed by atoms with Crippen LogP contribution in [0.1, 0.15) is 40.0 Å². The second-order valence-electron chi connectivity index (χ2n) is 5.84. The molecule has 4 heteroatoms. The van der Waals surface area contributed by atoms with Gasteiger partial charge in [-0.05, 0) is 40.0 Å². The SMILES string of the molecule is CC(C(=O)N1C(C)CCCC1C)N1CCNCC1. The van der Waals surface area contributed by atoms with Crippen molar-refractivity contribution in [1.82, 2.24) is 15.1 Å². The van der Waals surface area contributed by atoms with Crippen molar-refractivity contribution in [2.45, 2.75) is 58.2 Å². The molecule has 1 N–H and O–H groups in total. The smallest absolute Gasteiger partial charge is 0.240 e. The Morgan fingerprint density at radius 1 is 1.17 bits per heavy atom. The average Bonchev–Trinajstić information content (AvgIpc) is 2.38. The Morgan fingerprint density at radius 3 is 2.28 bits per heavy atom. The molecular formula is C14H27N3O. The third-order valence-corrected chi connectivity index (χ3v) is 4.50. The van der Waals surface area contributed by atoms with Crippen LogP contribution < -0.4 is 5.32 Å². The van der Waals surface area contributed by atoms with Crippen molar-refractivity contribution in [1.29, 1.82) is 0 Å². The minimum atomic E-state index is 0.0371. The molecule has 0 aliphatic carbocycles. The molecule has 2 saturated heterocycles. The van der Waals surface area contributed by atoms with Gasteiger partial charge in [0.15, 0.2) is 0 Å². The highest BCUT2D eigenvalue weighted by molar-refractivity contribution is 5.82. The second-order valence-corrected chi connectivity index (χ2v) is 5.84. The number of nitrogens with zero attached hydrogens (tertiary/aromatic N) is 2. The number of piperidine rings is 1. The number of amides is 1. The topological polar surface area (TPSA) is 35.6 Å². The summed E-state index contributed by atoms with van der Waals surface area (Å²) in [6.07, 6.45) is 3.57. The Balaban J connectivity index is 1.99. The molecule has 2 fully saturated rings. The summed E-state index contributed by atoms with van der Waals surface area (Å²) < 4.78 is 0. The van der Waals surface area contributed by atoms with Gasteiger partial charge in [-0.15, -0.1) is 0 Å². The fourth-order valence-electron chi connectivity index (χ4n) is 3.30. The monoisotopic (exact) mass is 253 g/mol. The molecule has 2 rings (SSSR count). The van der Waals surface area contributed by atoms with Crippen LogP contribution in [-0.4, -0.2) is 60.0 Å². The lowest BCUT2D eigenvalue weighted by molar-refractivity contribution is -0.142. The van der Waals surface area contributed by atoms with E-state index in [4.69, 9.17) is 0 Å². The molecule has 0 radical (unpaired) electrons. The van der Waals surface area contributed by atoms with Gasteiger partial charge in [0.25, 0.3) is 0 Å². The van der Waals surface area contributed by atoms with Gasteiger partial charge in [0.1, 0.15) is 0 Å². The fourth-order valence-corrected chi connectivity index (χ4v) is 3.30. The molecule has 2 aliphatic heterocycles. The van der Waals surface area contributed by atoms with Gasteiger partial charge in [-0.25, -0.2) is 0 Å². The van der Waals surface area contributed by atoms with Crippen molar-refractivity contribution in [3.8, 4) is 0 Å². The number of carbonyl (C=O) groups excluding carboxylic acids is 1. The van der Waals surface area contributed by atoms with Crippen LogP contribution in [0.5, 0.6) is 0 Å². The maximum Gasteiger partial charge on any atom is 0.240 e. The Labute approximate surface area is 111 Å². The first-order valence-electron chi connectivity index (χ1n) is 7.38. The molecule has 18 heavy (non-hydrogen) atoms. The first kappa shape index (κ1) is 13.8. The highest BCUT2D eigenvalue weighted by Crippen LogP contribution is 2.24. The van der Waals surface area contributed by atoms with Crippen LogP contribution in [0.2, 0.25) is 0 Å². The van der Waals surface area contributed by atoms with E-state index in [1.807, 2.05) is 0 Å². The molecule has 3 atom stereocenters. The van der Waals surface area contributed by atoms with Gasteiger partial charge < -0.3 is 10.2 Å². The zero-order valence-electron chi connectivity index (χ0n) is 12.0. The zero-order chi connectivity index (χ0) is 13.1. The summed E-state index contributed by atoms with van der Waals surface area (Å²) in [4.78, 5) is 17.1. The molecule has 0 aromatic rings. The molecule has 3 unspecified atom stereocenters. The van der Waals surface area contributed by atoms with Crippen molar-refractivity contribution < 1.29 is 4.79 Å². The van der Waals surface area contributed by atoms with E-state index in [2.05, 4.69) is 35.9 Å². The number of piperazine rings is 1. The van der Waals surface area contributed by atoms with E-state index in [1.54, 1.807) is 0 Å². The minimum absolute atomic E-state index is 0.0371. The Morgan fingerprint density at radius 2 is 1.72 bits per heavy atom. The van der Waals surface area contributed by atoms with E-state index >= 15 is 0 Å². The Kier molecular flexibility index (Phi) is 4.62. The van der Waals surface area contributed by atoms with Crippen molar-refractivity contribution >= 4 is 5.91 Å². The molecule has 1 amide bonds. The lowest BCUT2D eigenvalue weighted by Gasteiger charge is -2.43. The molecule has 2 heterocycles. The van der Waals surface area contributed by atoms with Gasteiger partial charge in [-0.1, -0.05) is 0 Å². The van der Waals surface area contributed by atoms with Gasteiger partial charge in [0.05, 0.1) is 6.04 Å². The molecular weight excluding hydrogens is 226 g/mol. The Bertz CT molecular complexity index is 279. The van der Waals surface area contributed by atoms with E-state index in [1.165, 1.54) is 6.42 Å². The third-order valence-electron chi connectivity index (χ3n) is 4.50. The Hall–Kier alpha value is -0.610. The minimum Gasteiger partial charge on any atom is -0.336 e. The molecule has 0 saturated carbocycles. The van der Waals surface area contributed by atoms with Crippen LogP contribution in [-0.2, 0) is 4.79 Å². The predicted molar refractivity (Wildman–Crippen MR) is 73.5 cm³/mol. The van der Waals surface area contributed by atoms with E-state index < -0.39 is 0 Å². The zero-order valence-corrected chi connectivity index (χ0v) is 12.0. The van der Waals surface area contributed by atoms with Crippen molar-refractivity contribution in [2.24, 2.45) is 0 Å². The standard InChI is InChI=1S/C14H27N3O/c1-11-5-4-6-12(2)17(11)14(18)13(3)16-9-7-15-8-10-16/h11-13,15H,4-10H2,1-3H3. The average molecular weight is 253 g/mol.